The van der Waals surface area contributed by atoms with E-state index in [0.717, 1.165) is 95.3 Å². The number of ether oxygens (including phenoxy) is 3. The molecule has 5 heterocycles. The highest BCUT2D eigenvalue weighted by Crippen LogP contribution is 2.34. The van der Waals surface area contributed by atoms with Gasteiger partial charge in [0.2, 0.25) is 17.7 Å². The first-order chi connectivity index (χ1) is 37.7. The molecule has 2 aliphatic rings. The van der Waals surface area contributed by atoms with Crippen LogP contribution in [0.5, 0.6) is 5.75 Å². The average Bonchev–Trinajstić information content (AvgIpc) is 4.33. The van der Waals surface area contributed by atoms with Crippen LogP contribution in [0.4, 0.5) is 5.69 Å². The molecule has 2 aliphatic heterocycles. The van der Waals surface area contributed by atoms with E-state index >= 15 is 0 Å². The van der Waals surface area contributed by atoms with Crippen LogP contribution in [0.15, 0.2) is 103 Å². The molecule has 0 radical (unpaired) electrons. The van der Waals surface area contributed by atoms with Crippen molar-refractivity contribution in [1.29, 1.82) is 0 Å². The van der Waals surface area contributed by atoms with Gasteiger partial charge in [-0.05, 0) is 123 Å². The zero-order valence-corrected chi connectivity index (χ0v) is 47.1. The number of piperidine rings is 1. The maximum Gasteiger partial charge on any atom is 0.251 e. The highest BCUT2D eigenvalue weighted by atomic mass is 35.5. The lowest BCUT2D eigenvalue weighted by Crippen LogP contribution is -2.58. The second-order valence-electron chi connectivity index (χ2n) is 21.0. The Labute approximate surface area is 472 Å². The molecule has 21 heteroatoms. The first-order valence-corrected chi connectivity index (χ1v) is 27.8. The number of aromatic amines is 1. The number of anilines is 1. The number of aromatic nitrogens is 5. The summed E-state index contributed by atoms with van der Waals surface area (Å²) >= 11 is 1.57. The summed E-state index contributed by atoms with van der Waals surface area (Å²) in [6.45, 7) is 11.4. The summed E-state index contributed by atoms with van der Waals surface area (Å²) < 4.78 is 17.5. The summed E-state index contributed by atoms with van der Waals surface area (Å²) in [5, 5.41) is 34.2. The van der Waals surface area contributed by atoms with Gasteiger partial charge in [0.1, 0.15) is 24.4 Å². The van der Waals surface area contributed by atoms with E-state index in [1.165, 1.54) is 4.90 Å². The number of aliphatic hydroxyl groups excluding tert-OH is 1. The number of nitrogens with one attached hydrogen (secondary N) is 6. The number of carbonyl (C=O) groups excluding carboxylic acids is 4. The Kier molecular flexibility index (Phi) is 21.9. The minimum Gasteiger partial charge on any atom is -0.494 e. The number of rotatable bonds is 26. The Morgan fingerprint density at radius 2 is 1.58 bits per heavy atom. The van der Waals surface area contributed by atoms with Gasteiger partial charge >= 0.3 is 0 Å². The predicted octanol–water partition coefficient (Wildman–Crippen LogP) is 7.12. The Morgan fingerprint density at radius 1 is 0.848 bits per heavy atom. The summed E-state index contributed by atoms with van der Waals surface area (Å²) in [5.41, 5.74) is 6.72. The van der Waals surface area contributed by atoms with Gasteiger partial charge in [-0.1, -0.05) is 63.2 Å². The molecule has 0 spiro atoms. The van der Waals surface area contributed by atoms with Crippen molar-refractivity contribution in [2.75, 3.05) is 58.0 Å². The molecule has 2 unspecified atom stereocenters. The molecule has 0 aliphatic carbocycles. The molecule has 6 aromatic rings. The number of thiazole rings is 1. The van der Waals surface area contributed by atoms with E-state index in [1.807, 2.05) is 118 Å². The van der Waals surface area contributed by atoms with Crippen molar-refractivity contribution in [3.63, 3.8) is 0 Å². The normalized spacial score (nSPS) is 16.3. The molecule has 79 heavy (non-hydrogen) atoms. The first kappa shape index (κ1) is 59.8. The number of nitrogens with zero attached hydrogens (tertiary/aromatic N) is 5. The molecular formula is C58H74ClN11O8S. The van der Waals surface area contributed by atoms with E-state index in [2.05, 4.69) is 46.7 Å². The van der Waals surface area contributed by atoms with Gasteiger partial charge in [-0.3, -0.25) is 29.3 Å². The van der Waals surface area contributed by atoms with Crippen LogP contribution in [0.1, 0.15) is 98.7 Å². The Hall–Kier alpha value is -6.81. The number of carbonyl (C=O) groups is 4. The fourth-order valence-corrected chi connectivity index (χ4v) is 10.4. The van der Waals surface area contributed by atoms with E-state index in [-0.39, 0.29) is 50.3 Å². The highest BCUT2D eigenvalue weighted by molar-refractivity contribution is 7.13. The van der Waals surface area contributed by atoms with Gasteiger partial charge in [-0.15, -0.1) is 23.7 Å². The quantitative estimate of drug-likeness (QED) is 0.0268. The molecule has 3 atom stereocenters. The third kappa shape index (κ3) is 16.9. The summed E-state index contributed by atoms with van der Waals surface area (Å²) in [4.78, 5) is 69.7. The summed E-state index contributed by atoms with van der Waals surface area (Å²) in [6, 6.07) is 25.1. The molecular weight excluding hydrogens is 1050 g/mol. The number of pyridine rings is 1. The Bertz CT molecular complexity index is 2910. The molecule has 7 N–H and O–H groups in total. The van der Waals surface area contributed by atoms with Gasteiger partial charge in [0, 0.05) is 75.1 Å². The molecule has 0 saturated carbocycles. The number of β-amino-alcohol motifs (C(OH)–C–C–N with tert-alkyl or cyclic N) is 1. The molecule has 8 rings (SSSR count). The van der Waals surface area contributed by atoms with E-state index in [4.69, 9.17) is 19.2 Å². The topological polar surface area (TPSA) is 247 Å². The van der Waals surface area contributed by atoms with Crippen LogP contribution in [0.25, 0.3) is 21.8 Å². The van der Waals surface area contributed by atoms with E-state index in [0.29, 0.717) is 50.8 Å². The maximum atomic E-state index is 14.0. The molecule has 0 bridgehead atoms. The van der Waals surface area contributed by atoms with Gasteiger partial charge in [0.05, 0.1) is 34.3 Å². The molecule has 422 valence electrons. The van der Waals surface area contributed by atoms with Crippen molar-refractivity contribution < 1.29 is 38.5 Å². The Balaban J connectivity index is 0.00000903. The van der Waals surface area contributed by atoms with Crippen molar-refractivity contribution in [2.24, 2.45) is 5.41 Å². The van der Waals surface area contributed by atoms with Gasteiger partial charge in [-0.2, -0.15) is 5.10 Å². The SMILES string of the molecule is Cc1ncsc1-c1ccc(CNC(=O)C2CC(O)CN2C(=O)[C@@H](NC(=O)COCCCOCCCCCOc2cccc(CNC(=O)c3cccc(NC4(c5nc(-c6ccncc6)n[nH]5)CCNCC4)c3)c2)C(C)(C)C)cc1.Cl. The lowest BCUT2D eigenvalue weighted by Gasteiger charge is -2.37. The van der Waals surface area contributed by atoms with Crippen molar-refractivity contribution in [3.8, 4) is 27.6 Å². The standard InChI is InChI=1S/C58H73N11O8S.ClH/c1-39-50(78-38-63-39)42-17-15-40(16-18-42)34-62-54(73)48-33-46(70)36-69(48)55(74)51(57(2,3)4)64-49(71)37-76-29-10-28-75-27-6-5-7-30-77-47-14-8-11-41(31-47)35-61-53(72)44-12-9-13-45(32-44)66-58(21-25-60-26-22-58)56-65-52(67-68-56)43-19-23-59-24-20-43;/h8-9,11-20,23-24,31-32,38,46,48,51,60,66,70H,5-7,10,21-22,25-30,33-37H2,1-4H3,(H,61,72)(H,62,73)(H,64,71)(H,65,67,68);1H/t46?,48?,51-;/m1./s1. The third-order valence-electron chi connectivity index (χ3n) is 13.9. The lowest BCUT2D eigenvalue weighted by molar-refractivity contribution is -0.144. The van der Waals surface area contributed by atoms with Crippen LogP contribution in [0.2, 0.25) is 0 Å². The van der Waals surface area contributed by atoms with E-state index in [1.54, 1.807) is 23.7 Å². The highest BCUT2D eigenvalue weighted by Gasteiger charge is 2.44. The molecule has 2 fully saturated rings. The summed E-state index contributed by atoms with van der Waals surface area (Å²) in [7, 11) is 0. The second-order valence-corrected chi connectivity index (χ2v) is 21.8. The number of benzene rings is 3. The van der Waals surface area contributed by atoms with Crippen LogP contribution in [-0.4, -0.2) is 130 Å². The third-order valence-corrected chi connectivity index (χ3v) is 14.9. The molecule has 2 saturated heterocycles. The van der Waals surface area contributed by atoms with Crippen molar-refractivity contribution in [2.45, 2.75) is 109 Å². The smallest absolute Gasteiger partial charge is 0.251 e. The van der Waals surface area contributed by atoms with Crippen LogP contribution in [0.3, 0.4) is 0 Å². The largest absolute Gasteiger partial charge is 0.494 e. The van der Waals surface area contributed by atoms with Crippen molar-refractivity contribution >= 4 is 53.1 Å². The first-order valence-electron chi connectivity index (χ1n) is 26.9. The number of hydrogen-bond donors (Lipinski definition) is 7. The van der Waals surface area contributed by atoms with Gasteiger partial charge in [0.15, 0.2) is 11.6 Å². The number of H-pyrrole nitrogens is 1. The van der Waals surface area contributed by atoms with Crippen molar-refractivity contribution in [1.82, 2.24) is 51.3 Å². The molecule has 3 aromatic heterocycles. The minimum absolute atomic E-state index is 0. The van der Waals surface area contributed by atoms with Crippen LogP contribution in [-0.2, 0) is 42.5 Å². The average molecular weight is 1120 g/mol. The maximum absolute atomic E-state index is 14.0. The minimum atomic E-state index is -0.949. The van der Waals surface area contributed by atoms with E-state index in [9.17, 15) is 24.3 Å². The molecule has 4 amide bonds. The summed E-state index contributed by atoms with van der Waals surface area (Å²) in [5.74, 6) is 0.676. The summed E-state index contributed by atoms with van der Waals surface area (Å²) in [6.07, 6.45) is 7.47. The van der Waals surface area contributed by atoms with Crippen LogP contribution in [0, 0.1) is 12.3 Å². The fourth-order valence-electron chi connectivity index (χ4n) is 9.61. The number of halogens is 1. The van der Waals surface area contributed by atoms with Gasteiger partial charge in [0.25, 0.3) is 5.91 Å². The zero-order chi connectivity index (χ0) is 54.9. The number of aliphatic hydroxyl groups is 1. The number of unbranched alkanes of at least 4 members (excludes halogenated alkanes) is 2. The second kappa shape index (κ2) is 28.9. The van der Waals surface area contributed by atoms with Gasteiger partial charge in [-0.25, -0.2) is 9.97 Å². The number of hydrogen-bond acceptors (Lipinski definition) is 15. The predicted molar refractivity (Wildman–Crippen MR) is 306 cm³/mol. The molecule has 3 aromatic carbocycles. The Morgan fingerprint density at radius 3 is 2.34 bits per heavy atom. The molecule has 19 nitrogen and oxygen atoms in total. The number of likely N-dealkylation sites (tertiary alicyclic amines) is 1. The monoisotopic (exact) mass is 1120 g/mol. The van der Waals surface area contributed by atoms with E-state index < -0.39 is 41.0 Å². The number of amides is 4. The fraction of sp³-hybridized carbons (Fsp3) is 0.448. The van der Waals surface area contributed by atoms with Crippen LogP contribution >= 0.6 is 23.7 Å². The van der Waals surface area contributed by atoms with Crippen molar-refractivity contribution in [3.05, 3.63) is 131 Å². The number of aryl methyl sites for hydroxylation is 1. The van der Waals surface area contributed by atoms with Crippen LogP contribution < -0.4 is 31.3 Å². The van der Waals surface area contributed by atoms with Gasteiger partial charge < -0.3 is 50.8 Å². The lowest BCUT2D eigenvalue weighted by atomic mass is 9.85. The zero-order valence-electron chi connectivity index (χ0n) is 45.4.